The fourth-order valence-electron chi connectivity index (χ4n) is 2.10. The average molecular weight is 222 g/mol. The van der Waals surface area contributed by atoms with E-state index in [1.807, 2.05) is 19.9 Å². The van der Waals surface area contributed by atoms with Gasteiger partial charge in [0.2, 0.25) is 0 Å². The van der Waals surface area contributed by atoms with Crippen molar-refractivity contribution in [1.29, 1.82) is 0 Å². The Morgan fingerprint density at radius 1 is 1.25 bits per heavy atom. The fraction of sp³-hybridized carbons (Fsp3) is 0.571. The van der Waals surface area contributed by atoms with Crippen LogP contribution in [-0.4, -0.2) is 12.2 Å². The minimum absolute atomic E-state index is 0.435. The van der Waals surface area contributed by atoms with Crippen molar-refractivity contribution < 1.29 is 9.84 Å². The molecule has 0 bridgehead atoms. The Kier molecular flexibility index (Phi) is 4.36. The molecule has 0 radical (unpaired) electrons. The van der Waals surface area contributed by atoms with E-state index in [4.69, 9.17) is 4.74 Å². The first-order chi connectivity index (χ1) is 7.45. The Morgan fingerprint density at radius 2 is 1.88 bits per heavy atom. The highest BCUT2D eigenvalue weighted by Crippen LogP contribution is 2.33. The van der Waals surface area contributed by atoms with Crippen LogP contribution in [0, 0.1) is 19.8 Å². The quantitative estimate of drug-likeness (QED) is 0.846. The van der Waals surface area contributed by atoms with Gasteiger partial charge in [-0.2, -0.15) is 0 Å². The first kappa shape index (κ1) is 13.0. The van der Waals surface area contributed by atoms with Crippen LogP contribution in [0.15, 0.2) is 12.1 Å². The van der Waals surface area contributed by atoms with Crippen molar-refractivity contribution in [3.8, 4) is 5.75 Å². The summed E-state index contributed by atoms with van der Waals surface area (Å²) in [5.41, 5.74) is 3.20. The van der Waals surface area contributed by atoms with E-state index < -0.39 is 6.10 Å². The molecule has 90 valence electrons. The predicted octanol–water partition coefficient (Wildman–Crippen LogP) is 3.39. The second-order valence-electron chi connectivity index (χ2n) is 4.84. The summed E-state index contributed by atoms with van der Waals surface area (Å²) < 4.78 is 5.35. The molecule has 0 fully saturated rings. The maximum Gasteiger partial charge on any atom is 0.125 e. The molecule has 0 aliphatic heterocycles. The maximum absolute atomic E-state index is 10.2. The van der Waals surface area contributed by atoms with Gasteiger partial charge in [0.1, 0.15) is 5.75 Å². The molecule has 0 amide bonds. The Balaban J connectivity index is 3.10. The van der Waals surface area contributed by atoms with Gasteiger partial charge in [0.05, 0.1) is 13.2 Å². The smallest absolute Gasteiger partial charge is 0.125 e. The largest absolute Gasteiger partial charge is 0.496 e. The highest BCUT2D eigenvalue weighted by molar-refractivity contribution is 5.44. The van der Waals surface area contributed by atoms with Crippen LogP contribution in [0.4, 0.5) is 0 Å². The first-order valence-corrected chi connectivity index (χ1v) is 5.79. The Hall–Kier alpha value is -1.02. The monoisotopic (exact) mass is 222 g/mol. The zero-order valence-corrected chi connectivity index (χ0v) is 10.9. The summed E-state index contributed by atoms with van der Waals surface area (Å²) in [5.74, 6) is 1.27. The van der Waals surface area contributed by atoms with Crippen molar-refractivity contribution in [1.82, 2.24) is 0 Å². The average Bonchev–Trinajstić information content (AvgIpc) is 2.14. The molecule has 1 N–H and O–H groups in total. The van der Waals surface area contributed by atoms with Crippen LogP contribution in [0.5, 0.6) is 5.75 Å². The summed E-state index contributed by atoms with van der Waals surface area (Å²) in [4.78, 5) is 0. The number of rotatable bonds is 4. The number of aryl methyl sites for hydroxylation is 2. The molecule has 0 aliphatic rings. The van der Waals surface area contributed by atoms with Gasteiger partial charge in [-0.3, -0.25) is 0 Å². The molecular formula is C14H22O2. The summed E-state index contributed by atoms with van der Waals surface area (Å²) in [6.45, 7) is 8.28. The molecule has 2 nitrogen and oxygen atoms in total. The van der Waals surface area contributed by atoms with Gasteiger partial charge in [0.25, 0.3) is 0 Å². The minimum Gasteiger partial charge on any atom is -0.496 e. The summed E-state index contributed by atoms with van der Waals surface area (Å²) in [7, 11) is 1.65. The van der Waals surface area contributed by atoms with Gasteiger partial charge >= 0.3 is 0 Å². The third-order valence-corrected chi connectivity index (χ3v) is 2.74. The molecule has 0 aromatic heterocycles. The van der Waals surface area contributed by atoms with Crippen molar-refractivity contribution in [3.63, 3.8) is 0 Å². The number of hydrogen-bond donors (Lipinski definition) is 1. The van der Waals surface area contributed by atoms with Crippen molar-refractivity contribution >= 4 is 0 Å². The fourth-order valence-corrected chi connectivity index (χ4v) is 2.10. The van der Waals surface area contributed by atoms with Gasteiger partial charge in [0, 0.05) is 5.56 Å². The predicted molar refractivity (Wildman–Crippen MR) is 66.9 cm³/mol. The lowest BCUT2D eigenvalue weighted by Gasteiger charge is -2.19. The molecule has 1 aromatic carbocycles. The lowest BCUT2D eigenvalue weighted by atomic mass is 9.94. The van der Waals surface area contributed by atoms with Crippen LogP contribution in [0.25, 0.3) is 0 Å². The molecule has 0 saturated carbocycles. The van der Waals surface area contributed by atoms with Gasteiger partial charge in [-0.1, -0.05) is 19.9 Å². The molecule has 0 saturated heterocycles. The van der Waals surface area contributed by atoms with Gasteiger partial charge in [-0.15, -0.1) is 0 Å². The van der Waals surface area contributed by atoms with Gasteiger partial charge in [-0.05, 0) is 43.4 Å². The summed E-state index contributed by atoms with van der Waals surface area (Å²) >= 11 is 0. The number of aliphatic hydroxyl groups is 1. The molecule has 0 aliphatic carbocycles. The van der Waals surface area contributed by atoms with Gasteiger partial charge < -0.3 is 9.84 Å². The molecule has 1 aromatic rings. The zero-order chi connectivity index (χ0) is 12.3. The van der Waals surface area contributed by atoms with E-state index in [9.17, 15) is 5.11 Å². The summed E-state index contributed by atoms with van der Waals surface area (Å²) in [6, 6.07) is 4.06. The highest BCUT2D eigenvalue weighted by Gasteiger charge is 2.17. The minimum atomic E-state index is -0.435. The Morgan fingerprint density at radius 3 is 2.38 bits per heavy atom. The molecule has 1 atom stereocenters. The van der Waals surface area contributed by atoms with E-state index in [0.717, 1.165) is 28.9 Å². The first-order valence-electron chi connectivity index (χ1n) is 5.79. The van der Waals surface area contributed by atoms with Crippen LogP contribution in [0.1, 0.15) is 43.1 Å². The maximum atomic E-state index is 10.2. The number of aliphatic hydroxyl groups excluding tert-OH is 1. The van der Waals surface area contributed by atoms with Crippen molar-refractivity contribution in [2.45, 2.75) is 40.2 Å². The molecule has 1 unspecified atom stereocenters. The van der Waals surface area contributed by atoms with E-state index in [1.165, 1.54) is 0 Å². The SMILES string of the molecule is COc1cc(C)cc(C)c1C(O)CC(C)C. The van der Waals surface area contributed by atoms with Crippen molar-refractivity contribution in [2.75, 3.05) is 7.11 Å². The summed E-state index contributed by atoms with van der Waals surface area (Å²) in [5, 5.41) is 10.2. The Labute approximate surface area is 98.3 Å². The Bertz CT molecular complexity index is 356. The van der Waals surface area contributed by atoms with Crippen molar-refractivity contribution in [3.05, 3.63) is 28.8 Å². The van der Waals surface area contributed by atoms with Crippen LogP contribution in [0.2, 0.25) is 0 Å². The molecule has 16 heavy (non-hydrogen) atoms. The second-order valence-corrected chi connectivity index (χ2v) is 4.84. The van der Waals surface area contributed by atoms with Gasteiger partial charge in [-0.25, -0.2) is 0 Å². The normalized spacial score (nSPS) is 12.9. The van der Waals surface area contributed by atoms with E-state index >= 15 is 0 Å². The lowest BCUT2D eigenvalue weighted by Crippen LogP contribution is -2.06. The third-order valence-electron chi connectivity index (χ3n) is 2.74. The van der Waals surface area contributed by atoms with E-state index in [0.29, 0.717) is 5.92 Å². The van der Waals surface area contributed by atoms with Crippen LogP contribution in [0.3, 0.4) is 0 Å². The van der Waals surface area contributed by atoms with Crippen LogP contribution >= 0.6 is 0 Å². The molecular weight excluding hydrogens is 200 g/mol. The molecule has 2 heteroatoms. The molecule has 0 heterocycles. The lowest BCUT2D eigenvalue weighted by molar-refractivity contribution is 0.146. The number of benzene rings is 1. The second kappa shape index (κ2) is 5.35. The zero-order valence-electron chi connectivity index (χ0n) is 10.9. The van der Waals surface area contributed by atoms with Crippen LogP contribution in [-0.2, 0) is 0 Å². The van der Waals surface area contributed by atoms with E-state index in [-0.39, 0.29) is 0 Å². The van der Waals surface area contributed by atoms with Gasteiger partial charge in [0.15, 0.2) is 0 Å². The topological polar surface area (TPSA) is 29.5 Å². The van der Waals surface area contributed by atoms with E-state index in [2.05, 4.69) is 19.9 Å². The molecule has 0 spiro atoms. The van der Waals surface area contributed by atoms with Crippen LogP contribution < -0.4 is 4.74 Å². The highest BCUT2D eigenvalue weighted by atomic mass is 16.5. The third kappa shape index (κ3) is 2.99. The van der Waals surface area contributed by atoms with Crippen molar-refractivity contribution in [2.24, 2.45) is 5.92 Å². The summed E-state index contributed by atoms with van der Waals surface area (Å²) in [6.07, 6.45) is 0.329. The number of ether oxygens (including phenoxy) is 1. The number of hydrogen-bond acceptors (Lipinski definition) is 2. The number of methoxy groups -OCH3 is 1. The standard InChI is InChI=1S/C14H22O2/c1-9(2)6-12(15)14-11(4)7-10(3)8-13(14)16-5/h7-9,12,15H,6H2,1-5H3. The van der Waals surface area contributed by atoms with E-state index in [1.54, 1.807) is 7.11 Å². The molecule has 1 rings (SSSR count).